The molecule has 0 spiro atoms. The molecule has 0 N–H and O–H groups in total. The quantitative estimate of drug-likeness (QED) is 0.484. The summed E-state index contributed by atoms with van der Waals surface area (Å²) >= 11 is 6.14. The molecule has 0 amide bonds. The van der Waals surface area contributed by atoms with E-state index in [9.17, 15) is 4.79 Å². The predicted octanol–water partition coefficient (Wildman–Crippen LogP) is 3.90. The van der Waals surface area contributed by atoms with E-state index in [4.69, 9.17) is 21.1 Å². The van der Waals surface area contributed by atoms with E-state index in [2.05, 4.69) is 6.58 Å². The van der Waals surface area contributed by atoms with E-state index in [-0.39, 0.29) is 0 Å². The zero-order valence-electron chi connectivity index (χ0n) is 10.7. The molecule has 0 aliphatic rings. The molecule has 0 saturated heterocycles. The Morgan fingerprint density at radius 2 is 2.05 bits per heavy atom. The Bertz CT molecular complexity index is 662. The standard InChI is InChI=1S/C15H13ClO3/c1-4-14(17)19-15-10-6-5-9(2)7-11(10)13(18-3)8-12(15)16/h4-8H,1H2,2-3H3. The Labute approximate surface area is 116 Å². The lowest BCUT2D eigenvalue weighted by Gasteiger charge is -2.12. The number of benzene rings is 2. The number of aryl methyl sites for hydroxylation is 1. The highest BCUT2D eigenvalue weighted by molar-refractivity contribution is 6.33. The van der Waals surface area contributed by atoms with Gasteiger partial charge >= 0.3 is 5.97 Å². The van der Waals surface area contributed by atoms with Gasteiger partial charge in [0.1, 0.15) is 5.75 Å². The van der Waals surface area contributed by atoms with Crippen molar-refractivity contribution in [3.8, 4) is 11.5 Å². The van der Waals surface area contributed by atoms with Crippen molar-refractivity contribution in [2.24, 2.45) is 0 Å². The SMILES string of the molecule is C=CC(=O)Oc1c(Cl)cc(OC)c2cc(C)ccc12. The molecule has 0 aromatic heterocycles. The van der Waals surface area contributed by atoms with Crippen LogP contribution < -0.4 is 9.47 Å². The van der Waals surface area contributed by atoms with Crippen LogP contribution in [-0.4, -0.2) is 13.1 Å². The van der Waals surface area contributed by atoms with Crippen molar-refractivity contribution in [2.45, 2.75) is 6.92 Å². The molecule has 0 bridgehead atoms. The van der Waals surface area contributed by atoms with E-state index in [1.165, 1.54) is 0 Å². The van der Waals surface area contributed by atoms with Crippen molar-refractivity contribution in [1.29, 1.82) is 0 Å². The summed E-state index contributed by atoms with van der Waals surface area (Å²) in [6, 6.07) is 7.36. The zero-order chi connectivity index (χ0) is 14.0. The minimum atomic E-state index is -0.547. The summed E-state index contributed by atoms with van der Waals surface area (Å²) in [7, 11) is 1.57. The molecular formula is C15H13ClO3. The van der Waals surface area contributed by atoms with Gasteiger partial charge in [0.05, 0.1) is 12.1 Å². The molecule has 0 aliphatic heterocycles. The van der Waals surface area contributed by atoms with Crippen LogP contribution in [0.15, 0.2) is 36.9 Å². The average molecular weight is 277 g/mol. The van der Waals surface area contributed by atoms with Crippen molar-refractivity contribution in [1.82, 2.24) is 0 Å². The summed E-state index contributed by atoms with van der Waals surface area (Å²) in [4.78, 5) is 11.4. The summed E-state index contributed by atoms with van der Waals surface area (Å²) in [6.45, 7) is 5.35. The molecule has 4 heteroatoms. The van der Waals surface area contributed by atoms with Crippen LogP contribution in [0.5, 0.6) is 11.5 Å². The van der Waals surface area contributed by atoms with Crippen molar-refractivity contribution >= 4 is 28.3 Å². The number of halogens is 1. The highest BCUT2D eigenvalue weighted by Crippen LogP contribution is 2.40. The van der Waals surface area contributed by atoms with Crippen LogP contribution in [-0.2, 0) is 4.79 Å². The van der Waals surface area contributed by atoms with Crippen LogP contribution in [0, 0.1) is 6.92 Å². The lowest BCUT2D eigenvalue weighted by Crippen LogP contribution is -2.04. The highest BCUT2D eigenvalue weighted by atomic mass is 35.5. The summed E-state index contributed by atoms with van der Waals surface area (Å²) in [5, 5.41) is 1.90. The lowest BCUT2D eigenvalue weighted by atomic mass is 10.1. The minimum Gasteiger partial charge on any atom is -0.496 e. The smallest absolute Gasteiger partial charge is 0.335 e. The first-order valence-electron chi connectivity index (χ1n) is 5.68. The Morgan fingerprint density at radius 1 is 1.32 bits per heavy atom. The Morgan fingerprint density at radius 3 is 2.68 bits per heavy atom. The Balaban J connectivity index is 2.73. The third kappa shape index (κ3) is 2.56. The topological polar surface area (TPSA) is 35.5 Å². The average Bonchev–Trinajstić information content (AvgIpc) is 2.41. The molecule has 0 aliphatic carbocycles. The van der Waals surface area contributed by atoms with Gasteiger partial charge in [-0.15, -0.1) is 0 Å². The normalized spacial score (nSPS) is 10.3. The van der Waals surface area contributed by atoms with Crippen molar-refractivity contribution in [2.75, 3.05) is 7.11 Å². The van der Waals surface area contributed by atoms with Gasteiger partial charge in [-0.05, 0) is 13.0 Å². The van der Waals surface area contributed by atoms with Gasteiger partial charge in [0.2, 0.25) is 0 Å². The van der Waals surface area contributed by atoms with Gasteiger partial charge in [-0.2, -0.15) is 0 Å². The number of esters is 1. The molecule has 0 heterocycles. The number of fused-ring (bicyclic) bond motifs is 1. The van der Waals surface area contributed by atoms with Gasteiger partial charge in [-0.1, -0.05) is 35.9 Å². The number of hydrogen-bond donors (Lipinski definition) is 0. The van der Waals surface area contributed by atoms with Crippen LogP contribution in [0.2, 0.25) is 5.02 Å². The largest absolute Gasteiger partial charge is 0.496 e. The van der Waals surface area contributed by atoms with Crippen molar-refractivity contribution in [3.63, 3.8) is 0 Å². The second kappa shape index (κ2) is 5.33. The van der Waals surface area contributed by atoms with Gasteiger partial charge in [0, 0.05) is 22.9 Å². The highest BCUT2D eigenvalue weighted by Gasteiger charge is 2.14. The van der Waals surface area contributed by atoms with Crippen LogP contribution in [0.1, 0.15) is 5.56 Å². The molecule has 0 saturated carbocycles. The summed E-state index contributed by atoms with van der Waals surface area (Å²) in [6.07, 6.45) is 1.10. The first-order chi connectivity index (χ1) is 9.06. The Kier molecular flexibility index (Phi) is 3.76. The van der Waals surface area contributed by atoms with Gasteiger partial charge in [-0.3, -0.25) is 0 Å². The molecule has 19 heavy (non-hydrogen) atoms. The van der Waals surface area contributed by atoms with Crippen molar-refractivity contribution in [3.05, 3.63) is 47.5 Å². The molecule has 2 aromatic rings. The zero-order valence-corrected chi connectivity index (χ0v) is 11.5. The summed E-state index contributed by atoms with van der Waals surface area (Å²) < 4.78 is 10.5. The van der Waals surface area contributed by atoms with E-state index in [1.54, 1.807) is 13.2 Å². The molecule has 0 atom stereocenters. The fourth-order valence-electron chi connectivity index (χ4n) is 1.86. The maximum atomic E-state index is 11.4. The fourth-order valence-corrected chi connectivity index (χ4v) is 2.10. The lowest BCUT2D eigenvalue weighted by molar-refractivity contribution is -0.128. The van der Waals surface area contributed by atoms with E-state index in [1.807, 2.05) is 25.1 Å². The van der Waals surface area contributed by atoms with Crippen LogP contribution in [0.4, 0.5) is 0 Å². The number of methoxy groups -OCH3 is 1. The van der Waals surface area contributed by atoms with Gasteiger partial charge in [0.15, 0.2) is 5.75 Å². The first kappa shape index (κ1) is 13.4. The Hall–Kier alpha value is -2.00. The number of carbonyl (C=O) groups is 1. The third-order valence-corrected chi connectivity index (χ3v) is 3.03. The van der Waals surface area contributed by atoms with Crippen LogP contribution >= 0.6 is 11.6 Å². The summed E-state index contributed by atoms with van der Waals surface area (Å²) in [5.74, 6) is 0.415. The predicted molar refractivity (Wildman–Crippen MR) is 76.1 cm³/mol. The molecule has 0 fully saturated rings. The first-order valence-corrected chi connectivity index (χ1v) is 6.05. The molecule has 0 unspecified atom stereocenters. The monoisotopic (exact) mass is 276 g/mol. The number of carbonyl (C=O) groups excluding carboxylic acids is 1. The second-order valence-electron chi connectivity index (χ2n) is 4.06. The van der Waals surface area contributed by atoms with E-state index in [0.717, 1.165) is 22.4 Å². The van der Waals surface area contributed by atoms with Crippen LogP contribution in [0.25, 0.3) is 10.8 Å². The number of ether oxygens (including phenoxy) is 2. The number of hydrogen-bond acceptors (Lipinski definition) is 3. The molecule has 0 radical (unpaired) electrons. The van der Waals surface area contributed by atoms with Gasteiger partial charge in [0.25, 0.3) is 0 Å². The molecule has 2 rings (SSSR count). The van der Waals surface area contributed by atoms with E-state index >= 15 is 0 Å². The fraction of sp³-hybridized carbons (Fsp3) is 0.133. The molecule has 98 valence electrons. The minimum absolute atomic E-state index is 0.322. The molecular weight excluding hydrogens is 264 g/mol. The van der Waals surface area contributed by atoms with Gasteiger partial charge in [-0.25, -0.2) is 4.79 Å². The van der Waals surface area contributed by atoms with E-state index in [0.29, 0.717) is 16.5 Å². The summed E-state index contributed by atoms with van der Waals surface area (Å²) in [5.41, 5.74) is 1.08. The third-order valence-electron chi connectivity index (χ3n) is 2.75. The van der Waals surface area contributed by atoms with Crippen LogP contribution in [0.3, 0.4) is 0 Å². The maximum Gasteiger partial charge on any atom is 0.335 e. The van der Waals surface area contributed by atoms with E-state index < -0.39 is 5.97 Å². The van der Waals surface area contributed by atoms with Crippen molar-refractivity contribution < 1.29 is 14.3 Å². The molecule has 2 aromatic carbocycles. The molecule has 3 nitrogen and oxygen atoms in total. The van der Waals surface area contributed by atoms with Gasteiger partial charge < -0.3 is 9.47 Å². The maximum absolute atomic E-state index is 11.4. The number of rotatable bonds is 3. The second-order valence-corrected chi connectivity index (χ2v) is 4.47.